The average molecular weight is 341 g/mol. The molecule has 0 bridgehead atoms. The van der Waals surface area contributed by atoms with E-state index in [0.29, 0.717) is 19.1 Å². The summed E-state index contributed by atoms with van der Waals surface area (Å²) in [5.41, 5.74) is 8.11. The molecule has 0 fully saturated rings. The van der Waals surface area contributed by atoms with Crippen LogP contribution in [0, 0.1) is 0 Å². The molecule has 0 atom stereocenters. The van der Waals surface area contributed by atoms with Crippen LogP contribution in [0.5, 0.6) is 11.5 Å². The van der Waals surface area contributed by atoms with Crippen molar-refractivity contribution < 1.29 is 9.47 Å². The fourth-order valence-corrected chi connectivity index (χ4v) is 2.31. The van der Waals surface area contributed by atoms with E-state index in [1.807, 2.05) is 36.4 Å². The number of nitrogens with one attached hydrogen (secondary N) is 1. The lowest BCUT2D eigenvalue weighted by Gasteiger charge is -2.19. The van der Waals surface area contributed by atoms with E-state index in [-0.39, 0.29) is 5.41 Å². The Kier molecular flexibility index (Phi) is 6.28. The summed E-state index contributed by atoms with van der Waals surface area (Å²) in [4.78, 5) is 4.27. The first kappa shape index (κ1) is 18.6. The number of guanidine groups is 1. The van der Waals surface area contributed by atoms with Crippen LogP contribution in [0.15, 0.2) is 53.5 Å². The average Bonchev–Trinajstić information content (AvgIpc) is 2.59. The molecule has 134 valence electrons. The lowest BCUT2D eigenvalue weighted by atomic mass is 9.87. The topological polar surface area (TPSA) is 68.9 Å². The number of aliphatic imine (C=N–C) groups is 1. The predicted molar refractivity (Wildman–Crippen MR) is 104 cm³/mol. The number of ether oxygens (including phenoxy) is 2. The van der Waals surface area contributed by atoms with Gasteiger partial charge in [0, 0.05) is 0 Å². The van der Waals surface area contributed by atoms with E-state index in [4.69, 9.17) is 15.2 Å². The highest BCUT2D eigenvalue weighted by Gasteiger charge is 2.12. The molecule has 0 saturated heterocycles. The zero-order valence-electron chi connectivity index (χ0n) is 15.4. The summed E-state index contributed by atoms with van der Waals surface area (Å²) in [6.45, 7) is 7.50. The van der Waals surface area contributed by atoms with Crippen LogP contribution in [0.4, 0.5) is 5.69 Å². The Morgan fingerprint density at radius 3 is 2.40 bits per heavy atom. The molecular weight excluding hydrogens is 314 g/mol. The van der Waals surface area contributed by atoms with Gasteiger partial charge >= 0.3 is 0 Å². The van der Waals surface area contributed by atoms with Gasteiger partial charge in [0.05, 0.1) is 19.3 Å². The summed E-state index contributed by atoms with van der Waals surface area (Å²) in [5.74, 6) is 1.88. The maximum absolute atomic E-state index is 5.90. The molecule has 2 aromatic rings. The first-order chi connectivity index (χ1) is 11.9. The number of para-hydroxylation sites is 2. The SMILES string of the molecule is COc1ccccc1NC(N)=NCCOc1ccc(C(C)(C)C)cc1. The molecule has 5 heteroatoms. The molecule has 0 aliphatic rings. The van der Waals surface area contributed by atoms with Gasteiger partial charge in [0.2, 0.25) is 0 Å². The van der Waals surface area contributed by atoms with Crippen molar-refractivity contribution >= 4 is 11.6 Å². The van der Waals surface area contributed by atoms with Gasteiger partial charge in [-0.1, -0.05) is 45.0 Å². The molecular formula is C20H27N3O2. The van der Waals surface area contributed by atoms with E-state index in [1.54, 1.807) is 7.11 Å². The largest absolute Gasteiger partial charge is 0.495 e. The van der Waals surface area contributed by atoms with Gasteiger partial charge < -0.3 is 20.5 Å². The van der Waals surface area contributed by atoms with Crippen molar-refractivity contribution in [1.29, 1.82) is 0 Å². The maximum Gasteiger partial charge on any atom is 0.193 e. The van der Waals surface area contributed by atoms with Crippen molar-refractivity contribution in [2.24, 2.45) is 10.7 Å². The fraction of sp³-hybridized carbons (Fsp3) is 0.350. The van der Waals surface area contributed by atoms with Crippen LogP contribution in [0.3, 0.4) is 0 Å². The van der Waals surface area contributed by atoms with Gasteiger partial charge in [0.15, 0.2) is 5.96 Å². The summed E-state index contributed by atoms with van der Waals surface area (Å²) in [6, 6.07) is 15.7. The monoisotopic (exact) mass is 341 g/mol. The van der Waals surface area contributed by atoms with Crippen LogP contribution >= 0.6 is 0 Å². The van der Waals surface area contributed by atoms with Crippen molar-refractivity contribution in [2.45, 2.75) is 26.2 Å². The highest BCUT2D eigenvalue weighted by atomic mass is 16.5. The fourth-order valence-electron chi connectivity index (χ4n) is 2.31. The van der Waals surface area contributed by atoms with Crippen LogP contribution in [-0.4, -0.2) is 26.2 Å². The molecule has 0 radical (unpaired) electrons. The molecule has 0 spiro atoms. The second-order valence-electron chi connectivity index (χ2n) is 6.72. The van der Waals surface area contributed by atoms with Gasteiger partial charge in [0.1, 0.15) is 18.1 Å². The van der Waals surface area contributed by atoms with Gasteiger partial charge in [-0.05, 0) is 35.2 Å². The first-order valence-corrected chi connectivity index (χ1v) is 8.33. The van der Waals surface area contributed by atoms with E-state index in [2.05, 4.69) is 43.2 Å². The van der Waals surface area contributed by atoms with Gasteiger partial charge in [-0.2, -0.15) is 0 Å². The smallest absolute Gasteiger partial charge is 0.193 e. The van der Waals surface area contributed by atoms with E-state index in [9.17, 15) is 0 Å². The molecule has 0 aromatic heterocycles. The van der Waals surface area contributed by atoms with Crippen LogP contribution in [0.2, 0.25) is 0 Å². The number of nitrogens with zero attached hydrogens (tertiary/aromatic N) is 1. The second-order valence-corrected chi connectivity index (χ2v) is 6.72. The number of hydrogen-bond donors (Lipinski definition) is 2. The predicted octanol–water partition coefficient (Wildman–Crippen LogP) is 3.80. The Hall–Kier alpha value is -2.69. The van der Waals surface area contributed by atoms with Gasteiger partial charge in [-0.25, -0.2) is 4.99 Å². The summed E-state index contributed by atoms with van der Waals surface area (Å²) in [5, 5.41) is 3.03. The van der Waals surface area contributed by atoms with Crippen LogP contribution < -0.4 is 20.5 Å². The Morgan fingerprint density at radius 1 is 1.08 bits per heavy atom. The summed E-state index contributed by atoms with van der Waals surface area (Å²) < 4.78 is 11.0. The van der Waals surface area contributed by atoms with Crippen molar-refractivity contribution in [1.82, 2.24) is 0 Å². The highest BCUT2D eigenvalue weighted by molar-refractivity contribution is 5.93. The minimum absolute atomic E-state index is 0.140. The molecule has 0 amide bonds. The van der Waals surface area contributed by atoms with Gasteiger partial charge in [-0.15, -0.1) is 0 Å². The Bertz CT molecular complexity index is 704. The quantitative estimate of drug-likeness (QED) is 0.476. The van der Waals surface area contributed by atoms with Crippen molar-refractivity contribution in [3.05, 3.63) is 54.1 Å². The number of benzene rings is 2. The lowest BCUT2D eigenvalue weighted by Crippen LogP contribution is -2.23. The van der Waals surface area contributed by atoms with Gasteiger partial charge in [0.25, 0.3) is 0 Å². The maximum atomic E-state index is 5.90. The number of nitrogens with two attached hydrogens (primary N) is 1. The summed E-state index contributed by atoms with van der Waals surface area (Å²) >= 11 is 0. The third-order valence-corrected chi connectivity index (χ3v) is 3.73. The van der Waals surface area contributed by atoms with E-state index >= 15 is 0 Å². The van der Waals surface area contributed by atoms with Crippen LogP contribution in [-0.2, 0) is 5.41 Å². The molecule has 0 aliphatic heterocycles. The van der Waals surface area contributed by atoms with E-state index < -0.39 is 0 Å². The molecule has 3 N–H and O–H groups in total. The Balaban J connectivity index is 1.82. The molecule has 0 heterocycles. The van der Waals surface area contributed by atoms with Gasteiger partial charge in [-0.3, -0.25) is 0 Å². The second kappa shape index (κ2) is 8.42. The Labute approximate surface area is 149 Å². The molecule has 2 aromatic carbocycles. The first-order valence-electron chi connectivity index (χ1n) is 8.33. The third-order valence-electron chi connectivity index (χ3n) is 3.73. The molecule has 0 aliphatic carbocycles. The minimum atomic E-state index is 0.140. The molecule has 0 saturated carbocycles. The zero-order chi connectivity index (χ0) is 18.3. The number of anilines is 1. The van der Waals surface area contributed by atoms with Crippen LogP contribution in [0.25, 0.3) is 0 Å². The summed E-state index contributed by atoms with van der Waals surface area (Å²) in [7, 11) is 1.62. The van der Waals surface area contributed by atoms with E-state index in [1.165, 1.54) is 5.56 Å². The molecule has 5 nitrogen and oxygen atoms in total. The normalized spacial score (nSPS) is 11.9. The highest BCUT2D eigenvalue weighted by Crippen LogP contribution is 2.24. The van der Waals surface area contributed by atoms with E-state index in [0.717, 1.165) is 17.2 Å². The van der Waals surface area contributed by atoms with Crippen molar-refractivity contribution in [3.63, 3.8) is 0 Å². The number of methoxy groups -OCH3 is 1. The molecule has 25 heavy (non-hydrogen) atoms. The minimum Gasteiger partial charge on any atom is -0.495 e. The number of rotatable bonds is 6. The summed E-state index contributed by atoms with van der Waals surface area (Å²) in [6.07, 6.45) is 0. The zero-order valence-corrected chi connectivity index (χ0v) is 15.4. The van der Waals surface area contributed by atoms with Crippen LogP contribution in [0.1, 0.15) is 26.3 Å². The standard InChI is InChI=1S/C20H27N3O2/c1-20(2,3)15-9-11-16(12-10-15)25-14-13-22-19(21)23-17-7-5-6-8-18(17)24-4/h5-12H,13-14H2,1-4H3,(H3,21,22,23). The third kappa shape index (κ3) is 5.71. The molecule has 0 unspecified atom stereocenters. The molecule has 2 rings (SSSR count). The van der Waals surface area contributed by atoms with Crippen molar-refractivity contribution in [2.75, 3.05) is 25.6 Å². The lowest BCUT2D eigenvalue weighted by molar-refractivity contribution is 0.328. The van der Waals surface area contributed by atoms with Crippen molar-refractivity contribution in [3.8, 4) is 11.5 Å². The Morgan fingerprint density at radius 2 is 1.76 bits per heavy atom. The number of hydrogen-bond acceptors (Lipinski definition) is 3.